The number of rotatable bonds is 1. The van der Waals surface area contributed by atoms with E-state index in [9.17, 15) is 0 Å². The van der Waals surface area contributed by atoms with Crippen LogP contribution in [0.4, 0.5) is 0 Å². The van der Waals surface area contributed by atoms with Crippen LogP contribution in [0.1, 0.15) is 6.92 Å². The van der Waals surface area contributed by atoms with Crippen LogP contribution in [0.2, 0.25) is 0 Å². The van der Waals surface area contributed by atoms with Gasteiger partial charge in [-0.3, -0.25) is 10.9 Å². The molecule has 1 unspecified atom stereocenters. The molecule has 2 aliphatic rings. The number of hydrogen-bond donors (Lipinski definition) is 1. The Labute approximate surface area is 90.1 Å². The summed E-state index contributed by atoms with van der Waals surface area (Å²) in [7, 11) is 1.95. The first-order chi connectivity index (χ1) is 7.15. The molecule has 5 nitrogen and oxygen atoms in total. The van der Waals surface area contributed by atoms with Crippen LogP contribution in [-0.4, -0.2) is 55.1 Å². The van der Waals surface area contributed by atoms with E-state index in [0.717, 1.165) is 25.2 Å². The summed E-state index contributed by atoms with van der Waals surface area (Å²) >= 11 is 0. The van der Waals surface area contributed by atoms with Crippen molar-refractivity contribution < 1.29 is 4.74 Å². The van der Waals surface area contributed by atoms with Gasteiger partial charge in [0.05, 0.1) is 25.0 Å². The second-order valence-corrected chi connectivity index (χ2v) is 4.18. The maximum Gasteiger partial charge on any atom is 0.0983 e. The molecule has 2 heterocycles. The third kappa shape index (κ3) is 2.56. The lowest BCUT2D eigenvalue weighted by Gasteiger charge is -2.35. The zero-order valence-electron chi connectivity index (χ0n) is 9.26. The van der Waals surface area contributed by atoms with Gasteiger partial charge in [-0.15, -0.1) is 0 Å². The molecule has 5 heteroatoms. The van der Waals surface area contributed by atoms with Gasteiger partial charge < -0.3 is 4.74 Å². The van der Waals surface area contributed by atoms with E-state index in [1.165, 1.54) is 0 Å². The molecule has 0 bridgehead atoms. The van der Waals surface area contributed by atoms with Crippen LogP contribution < -0.4 is 5.84 Å². The third-order valence-corrected chi connectivity index (χ3v) is 2.66. The highest BCUT2D eigenvalue weighted by atomic mass is 16.5. The fourth-order valence-corrected chi connectivity index (χ4v) is 1.89. The van der Waals surface area contributed by atoms with Gasteiger partial charge in [0.25, 0.3) is 0 Å². The summed E-state index contributed by atoms with van der Waals surface area (Å²) in [6.07, 6.45) is 4.25. The summed E-state index contributed by atoms with van der Waals surface area (Å²) in [6, 6.07) is 0. The second-order valence-electron chi connectivity index (χ2n) is 4.18. The van der Waals surface area contributed by atoms with Crippen molar-refractivity contribution >= 4 is 6.21 Å². The Morgan fingerprint density at radius 3 is 2.93 bits per heavy atom. The third-order valence-electron chi connectivity index (χ3n) is 2.66. The van der Waals surface area contributed by atoms with Crippen LogP contribution >= 0.6 is 0 Å². The molecular formula is C10H18N4O. The number of nitrogens with zero attached hydrogens (tertiary/aromatic N) is 3. The van der Waals surface area contributed by atoms with Crippen molar-refractivity contribution in [2.45, 2.75) is 19.1 Å². The first-order valence-electron chi connectivity index (χ1n) is 5.25. The Morgan fingerprint density at radius 1 is 1.53 bits per heavy atom. The Morgan fingerprint density at radius 2 is 2.33 bits per heavy atom. The lowest BCUT2D eigenvalue weighted by molar-refractivity contribution is -0.0582. The smallest absolute Gasteiger partial charge is 0.0983 e. The highest BCUT2D eigenvalue weighted by Crippen LogP contribution is 2.16. The quantitative estimate of drug-likeness (QED) is 0.609. The molecule has 84 valence electrons. The van der Waals surface area contributed by atoms with Gasteiger partial charge >= 0.3 is 0 Å². The number of hydrazine groups is 1. The Kier molecular flexibility index (Phi) is 3.04. The molecule has 0 aromatic heterocycles. The number of hydrogen-bond acceptors (Lipinski definition) is 5. The maximum absolute atomic E-state index is 5.83. The van der Waals surface area contributed by atoms with Crippen molar-refractivity contribution in [2.24, 2.45) is 10.9 Å². The number of likely N-dealkylation sites (N-methyl/N-ethyl adjacent to an activating group) is 1. The summed E-state index contributed by atoms with van der Waals surface area (Å²) in [5.74, 6) is 5.82. The predicted molar refractivity (Wildman–Crippen MR) is 59.3 cm³/mol. The van der Waals surface area contributed by atoms with Crippen LogP contribution in [0.5, 0.6) is 0 Å². The maximum atomic E-state index is 5.83. The summed E-state index contributed by atoms with van der Waals surface area (Å²) in [5, 5.41) is 7.93. The molecule has 2 atom stereocenters. The van der Waals surface area contributed by atoms with E-state index in [-0.39, 0.29) is 12.2 Å². The van der Waals surface area contributed by atoms with E-state index < -0.39 is 0 Å². The molecule has 0 aliphatic carbocycles. The van der Waals surface area contributed by atoms with Gasteiger partial charge in [0, 0.05) is 20.1 Å². The summed E-state index contributed by atoms with van der Waals surface area (Å²) in [5.41, 5.74) is 1.13. The first-order valence-corrected chi connectivity index (χ1v) is 5.25. The molecule has 2 rings (SSSR count). The molecule has 1 saturated heterocycles. The van der Waals surface area contributed by atoms with Crippen LogP contribution in [0.25, 0.3) is 0 Å². The van der Waals surface area contributed by atoms with Crippen LogP contribution in [-0.2, 0) is 4.74 Å². The van der Waals surface area contributed by atoms with Gasteiger partial charge in [0.1, 0.15) is 0 Å². The van der Waals surface area contributed by atoms with Gasteiger partial charge in [-0.05, 0) is 12.5 Å². The van der Waals surface area contributed by atoms with Crippen molar-refractivity contribution in [1.82, 2.24) is 10.0 Å². The second kappa shape index (κ2) is 4.30. The molecule has 0 aromatic rings. The van der Waals surface area contributed by atoms with E-state index in [1.54, 1.807) is 0 Å². The van der Waals surface area contributed by atoms with Gasteiger partial charge in [-0.2, -0.15) is 5.10 Å². The molecule has 15 heavy (non-hydrogen) atoms. The number of nitrogens with two attached hydrogens (primary N) is 1. The lowest BCUT2D eigenvalue weighted by atomic mass is 10.1. The largest absolute Gasteiger partial charge is 0.368 e. The minimum absolute atomic E-state index is 0.0659. The van der Waals surface area contributed by atoms with Crippen LogP contribution in [0, 0.1) is 0 Å². The highest BCUT2D eigenvalue weighted by molar-refractivity contribution is 5.80. The average Bonchev–Trinajstić information content (AvgIpc) is 2.17. The number of morpholine rings is 1. The lowest BCUT2D eigenvalue weighted by Crippen LogP contribution is -2.50. The van der Waals surface area contributed by atoms with Crippen molar-refractivity contribution in [3.63, 3.8) is 0 Å². The van der Waals surface area contributed by atoms with Crippen molar-refractivity contribution in [1.29, 1.82) is 0 Å². The zero-order chi connectivity index (χ0) is 10.8. The summed E-state index contributed by atoms with van der Waals surface area (Å²) < 4.78 is 5.83. The monoisotopic (exact) mass is 210 g/mol. The number of ether oxygens (including phenoxy) is 1. The average molecular weight is 210 g/mol. The van der Waals surface area contributed by atoms with E-state index in [1.807, 2.05) is 30.2 Å². The zero-order valence-corrected chi connectivity index (χ0v) is 9.26. The Hall–Kier alpha value is -0.910. The SMILES string of the molecule is CC1CN(N)C[C@@H](C2=CCN(C)N=C2)O1. The molecule has 0 aromatic carbocycles. The van der Waals surface area contributed by atoms with Crippen molar-refractivity contribution in [3.05, 3.63) is 11.6 Å². The van der Waals surface area contributed by atoms with Crippen LogP contribution in [0.3, 0.4) is 0 Å². The molecular weight excluding hydrogens is 192 g/mol. The summed E-state index contributed by atoms with van der Waals surface area (Å²) in [4.78, 5) is 0. The number of hydrazone groups is 1. The molecule has 0 amide bonds. The first kappa shape index (κ1) is 10.6. The Bertz CT molecular complexity index is 279. The minimum Gasteiger partial charge on any atom is -0.368 e. The molecule has 0 radical (unpaired) electrons. The van der Waals surface area contributed by atoms with Gasteiger partial charge in [0.15, 0.2) is 0 Å². The molecule has 2 aliphatic heterocycles. The van der Waals surface area contributed by atoms with E-state index in [4.69, 9.17) is 10.6 Å². The minimum atomic E-state index is 0.0659. The highest BCUT2D eigenvalue weighted by Gasteiger charge is 2.26. The summed E-state index contributed by atoms with van der Waals surface area (Å²) in [6.45, 7) is 4.41. The van der Waals surface area contributed by atoms with E-state index >= 15 is 0 Å². The van der Waals surface area contributed by atoms with Crippen molar-refractivity contribution in [2.75, 3.05) is 26.7 Å². The molecule has 1 fully saturated rings. The fourth-order valence-electron chi connectivity index (χ4n) is 1.89. The van der Waals surface area contributed by atoms with Gasteiger partial charge in [0.2, 0.25) is 0 Å². The predicted octanol–water partition coefficient (Wildman–Crippen LogP) is -0.193. The standard InChI is InChI=1S/C10H18N4O/c1-8-6-14(11)7-10(15-8)9-3-4-13(2)12-5-9/h3,5,8,10H,4,6-7,11H2,1-2H3/t8?,10-/m0/s1. The van der Waals surface area contributed by atoms with Crippen LogP contribution in [0.15, 0.2) is 16.8 Å². The van der Waals surface area contributed by atoms with Gasteiger partial charge in [-0.1, -0.05) is 6.08 Å². The Balaban J connectivity index is 2.01. The van der Waals surface area contributed by atoms with E-state index in [2.05, 4.69) is 11.2 Å². The normalized spacial score (nSPS) is 33.0. The molecule has 0 saturated carbocycles. The van der Waals surface area contributed by atoms with E-state index in [0.29, 0.717) is 0 Å². The fraction of sp³-hybridized carbons (Fsp3) is 0.700. The molecule has 0 spiro atoms. The van der Waals surface area contributed by atoms with Crippen molar-refractivity contribution in [3.8, 4) is 0 Å². The topological polar surface area (TPSA) is 54.1 Å². The van der Waals surface area contributed by atoms with Gasteiger partial charge in [-0.25, -0.2) is 5.01 Å². The molecule has 2 N–H and O–H groups in total.